The zero-order valence-electron chi connectivity index (χ0n) is 17.9. The summed E-state index contributed by atoms with van der Waals surface area (Å²) in [6, 6.07) is 20.8. The highest BCUT2D eigenvalue weighted by Gasteiger charge is 2.18. The lowest BCUT2D eigenvalue weighted by Gasteiger charge is -2.16. The molecule has 1 amide bonds. The van der Waals surface area contributed by atoms with Gasteiger partial charge in [0.1, 0.15) is 0 Å². The molecule has 0 bridgehead atoms. The summed E-state index contributed by atoms with van der Waals surface area (Å²) in [5.41, 5.74) is 15.1. The van der Waals surface area contributed by atoms with Crippen molar-refractivity contribution in [2.45, 2.75) is 17.4 Å². The molecule has 0 radical (unpaired) electrons. The van der Waals surface area contributed by atoms with E-state index in [4.69, 9.17) is 15.8 Å². The number of nitrogens with zero attached hydrogens (tertiary/aromatic N) is 1. The van der Waals surface area contributed by atoms with E-state index in [-0.39, 0.29) is 17.3 Å². The summed E-state index contributed by atoms with van der Waals surface area (Å²) in [5.74, 6) is -1.58. The van der Waals surface area contributed by atoms with Crippen LogP contribution in [0.5, 0.6) is 0 Å². The lowest BCUT2D eigenvalue weighted by Crippen LogP contribution is -2.25. The Balaban J connectivity index is 1.67. The molecule has 0 aliphatic heterocycles. The second kappa shape index (κ2) is 11.7. The van der Waals surface area contributed by atoms with Crippen molar-refractivity contribution in [1.82, 2.24) is 5.48 Å². The number of nitrogens with one attached hydrogen (secondary N) is 2. The number of aliphatic imine (C=N–C) groups is 1. The first-order chi connectivity index (χ1) is 16.3. The maximum atomic E-state index is 12.6. The number of carboxylic acids is 1. The number of carbonyl (C=O) groups is 2. The molecule has 0 aliphatic carbocycles. The molecule has 2 atom stereocenters. The molecule has 11 heteroatoms. The summed E-state index contributed by atoms with van der Waals surface area (Å²) >= 11 is -1.97. The Morgan fingerprint density at radius 2 is 1.74 bits per heavy atom. The van der Waals surface area contributed by atoms with Gasteiger partial charge in [-0.15, -0.1) is 0 Å². The molecule has 0 spiro atoms. The van der Waals surface area contributed by atoms with Crippen LogP contribution in [0.15, 0.2) is 88.8 Å². The van der Waals surface area contributed by atoms with E-state index in [1.54, 1.807) is 66.7 Å². The third kappa shape index (κ3) is 7.24. The Bertz CT molecular complexity index is 1220. The van der Waals surface area contributed by atoms with Crippen LogP contribution in [0.25, 0.3) is 0 Å². The smallest absolute Gasteiger partial charge is 0.305 e. The number of rotatable bonds is 10. The SMILES string of the molecule is NC(N)=Nc1cccc(C(=O)Nc2cccc(S(=O)ONC(CC(=O)O)c3ccccc3)c2)c1. The zero-order valence-corrected chi connectivity index (χ0v) is 18.7. The second-order valence-corrected chi connectivity index (χ2v) is 8.17. The van der Waals surface area contributed by atoms with Crippen molar-refractivity contribution in [3.63, 3.8) is 0 Å². The van der Waals surface area contributed by atoms with Crippen LogP contribution in [0, 0.1) is 0 Å². The van der Waals surface area contributed by atoms with Gasteiger partial charge in [0.15, 0.2) is 5.96 Å². The molecule has 176 valence electrons. The van der Waals surface area contributed by atoms with Crippen LogP contribution in [-0.2, 0) is 20.2 Å². The molecule has 3 aromatic rings. The van der Waals surface area contributed by atoms with Gasteiger partial charge in [0, 0.05) is 11.3 Å². The molecule has 0 aliphatic rings. The maximum absolute atomic E-state index is 12.6. The quantitative estimate of drug-likeness (QED) is 0.167. The third-order valence-corrected chi connectivity index (χ3v) is 5.38. The van der Waals surface area contributed by atoms with E-state index in [0.29, 0.717) is 22.5 Å². The van der Waals surface area contributed by atoms with Gasteiger partial charge < -0.3 is 21.9 Å². The first-order valence-corrected chi connectivity index (χ1v) is 11.1. The van der Waals surface area contributed by atoms with Gasteiger partial charge in [0.25, 0.3) is 5.91 Å². The summed E-state index contributed by atoms with van der Waals surface area (Å²) in [4.78, 5) is 28.0. The highest BCUT2D eigenvalue weighted by Crippen LogP contribution is 2.20. The van der Waals surface area contributed by atoms with Crippen molar-refractivity contribution in [2.24, 2.45) is 16.5 Å². The number of benzene rings is 3. The van der Waals surface area contributed by atoms with Gasteiger partial charge in [0.2, 0.25) is 11.1 Å². The molecule has 0 saturated carbocycles. The lowest BCUT2D eigenvalue weighted by atomic mass is 10.1. The van der Waals surface area contributed by atoms with E-state index in [0.717, 1.165) is 0 Å². The summed E-state index contributed by atoms with van der Waals surface area (Å²) in [6.07, 6.45) is -0.268. The highest BCUT2D eigenvalue weighted by atomic mass is 32.2. The lowest BCUT2D eigenvalue weighted by molar-refractivity contribution is -0.138. The Morgan fingerprint density at radius 1 is 1.00 bits per heavy atom. The van der Waals surface area contributed by atoms with Gasteiger partial charge in [-0.25, -0.2) is 9.20 Å². The minimum absolute atomic E-state index is 0.126. The fourth-order valence-corrected chi connectivity index (χ4v) is 3.70. The highest BCUT2D eigenvalue weighted by molar-refractivity contribution is 7.80. The van der Waals surface area contributed by atoms with Crippen molar-refractivity contribution in [1.29, 1.82) is 0 Å². The average molecular weight is 482 g/mol. The normalized spacial score (nSPS) is 12.4. The fourth-order valence-electron chi connectivity index (χ4n) is 2.98. The van der Waals surface area contributed by atoms with Gasteiger partial charge >= 0.3 is 5.97 Å². The van der Waals surface area contributed by atoms with Gasteiger partial charge in [-0.05, 0) is 42.0 Å². The van der Waals surface area contributed by atoms with Gasteiger partial charge in [-0.2, -0.15) is 9.76 Å². The fraction of sp³-hybridized carbons (Fsp3) is 0.0870. The molecule has 3 aromatic carbocycles. The van der Waals surface area contributed by atoms with Gasteiger partial charge in [-0.1, -0.05) is 42.5 Å². The van der Waals surface area contributed by atoms with Crippen molar-refractivity contribution in [2.75, 3.05) is 5.32 Å². The zero-order chi connectivity index (χ0) is 24.5. The molecule has 2 unspecified atom stereocenters. The number of anilines is 1. The molecule has 0 aromatic heterocycles. The molecular formula is C23H23N5O5S. The molecule has 7 N–H and O–H groups in total. The van der Waals surface area contributed by atoms with E-state index in [1.165, 1.54) is 12.1 Å². The second-order valence-electron chi connectivity index (χ2n) is 7.07. The van der Waals surface area contributed by atoms with Crippen molar-refractivity contribution in [3.8, 4) is 0 Å². The monoisotopic (exact) mass is 481 g/mol. The summed E-state index contributed by atoms with van der Waals surface area (Å²) in [5, 5.41) is 11.9. The number of hydrogen-bond acceptors (Lipinski definition) is 6. The maximum Gasteiger partial charge on any atom is 0.305 e. The molecular weight excluding hydrogens is 458 g/mol. The van der Waals surface area contributed by atoms with E-state index in [1.807, 2.05) is 0 Å². The van der Waals surface area contributed by atoms with Crippen molar-refractivity contribution >= 4 is 40.3 Å². The largest absolute Gasteiger partial charge is 0.481 e. The molecule has 10 nitrogen and oxygen atoms in total. The van der Waals surface area contributed by atoms with E-state index in [2.05, 4.69) is 15.8 Å². The summed E-state index contributed by atoms with van der Waals surface area (Å²) in [7, 11) is 0. The van der Waals surface area contributed by atoms with Crippen LogP contribution >= 0.6 is 0 Å². The minimum atomic E-state index is -1.97. The number of carbonyl (C=O) groups excluding carboxylic acids is 1. The van der Waals surface area contributed by atoms with Gasteiger partial charge in [0.05, 0.1) is 23.0 Å². The number of aliphatic carboxylic acids is 1. The summed E-state index contributed by atoms with van der Waals surface area (Å²) in [6.45, 7) is 0. The number of nitrogens with two attached hydrogens (primary N) is 2. The molecule has 0 fully saturated rings. The predicted molar refractivity (Wildman–Crippen MR) is 128 cm³/mol. The first kappa shape index (κ1) is 24.6. The van der Waals surface area contributed by atoms with Crippen LogP contribution < -0.4 is 22.3 Å². The number of hydroxylamine groups is 1. The van der Waals surface area contributed by atoms with Crippen LogP contribution in [-0.4, -0.2) is 27.2 Å². The number of guanidine groups is 1. The number of hydrogen-bond donors (Lipinski definition) is 5. The van der Waals surface area contributed by atoms with E-state index < -0.39 is 29.0 Å². The number of amides is 1. The average Bonchev–Trinajstić information content (AvgIpc) is 2.82. The topological polar surface area (TPSA) is 169 Å². The van der Waals surface area contributed by atoms with Gasteiger partial charge in [-0.3, -0.25) is 9.59 Å². The van der Waals surface area contributed by atoms with E-state index in [9.17, 15) is 18.9 Å². The Hall–Kier alpha value is -4.06. The van der Waals surface area contributed by atoms with Crippen LogP contribution in [0.1, 0.15) is 28.4 Å². The third-order valence-electron chi connectivity index (χ3n) is 4.50. The first-order valence-electron chi connectivity index (χ1n) is 10.0. The Kier molecular flexibility index (Phi) is 8.46. The predicted octanol–water partition coefficient (Wildman–Crippen LogP) is 2.60. The molecule has 0 saturated heterocycles. The molecule has 0 heterocycles. The van der Waals surface area contributed by atoms with Crippen LogP contribution in [0.4, 0.5) is 11.4 Å². The minimum Gasteiger partial charge on any atom is -0.481 e. The van der Waals surface area contributed by atoms with Crippen LogP contribution in [0.2, 0.25) is 0 Å². The standard InChI is InChI=1S/C23H23N5O5S/c24-23(25)27-17-9-4-8-16(12-17)22(31)26-18-10-5-11-19(13-18)34(32)33-28-20(14-21(29)30)15-6-2-1-3-7-15/h1-13,20,28H,14H2,(H,26,31)(H,29,30)(H4,24,25,27). The van der Waals surface area contributed by atoms with Crippen molar-refractivity contribution < 1.29 is 23.2 Å². The van der Waals surface area contributed by atoms with E-state index >= 15 is 0 Å². The Morgan fingerprint density at radius 3 is 2.44 bits per heavy atom. The van der Waals surface area contributed by atoms with Crippen molar-refractivity contribution in [3.05, 3.63) is 90.0 Å². The van der Waals surface area contributed by atoms with Crippen LogP contribution in [0.3, 0.4) is 0 Å². The summed E-state index contributed by atoms with van der Waals surface area (Å²) < 4.78 is 17.9. The molecule has 3 rings (SSSR count). The Labute approximate surface area is 198 Å². The number of carboxylic acid groups (broad SMARTS) is 1. The molecule has 34 heavy (non-hydrogen) atoms.